The molecule has 0 aromatic heterocycles. The topological polar surface area (TPSA) is 79.2 Å². The van der Waals surface area contributed by atoms with Crippen LogP contribution in [0.4, 0.5) is 0 Å². The van der Waals surface area contributed by atoms with E-state index in [-0.39, 0.29) is 12.4 Å². The number of hydrazone groups is 1. The van der Waals surface area contributed by atoms with Gasteiger partial charge in [-0.1, -0.05) is 18.2 Å². The molecule has 1 heterocycles. The zero-order valence-electron chi connectivity index (χ0n) is 11.4. The van der Waals surface area contributed by atoms with Gasteiger partial charge in [-0.25, -0.2) is 9.80 Å². The van der Waals surface area contributed by atoms with Gasteiger partial charge in [0.15, 0.2) is 0 Å². The fourth-order valence-corrected chi connectivity index (χ4v) is 2.15. The van der Waals surface area contributed by atoms with Crippen molar-refractivity contribution in [2.24, 2.45) is 5.10 Å². The number of rotatable bonds is 2. The van der Waals surface area contributed by atoms with Gasteiger partial charge in [0, 0.05) is 17.7 Å². The number of aromatic hydroxyl groups is 1. The lowest BCUT2D eigenvalue weighted by Gasteiger charge is -2.21. The van der Waals surface area contributed by atoms with Crippen molar-refractivity contribution in [3.8, 4) is 5.75 Å². The van der Waals surface area contributed by atoms with Gasteiger partial charge in [-0.2, -0.15) is 5.10 Å². The summed E-state index contributed by atoms with van der Waals surface area (Å²) in [5.74, 6) is -1.69. The van der Waals surface area contributed by atoms with Crippen LogP contribution in [0.25, 0.3) is 0 Å². The summed E-state index contributed by atoms with van der Waals surface area (Å²) in [4.78, 5) is 23.6. The zero-order valence-corrected chi connectivity index (χ0v) is 11.4. The molecule has 2 rings (SSSR count). The van der Waals surface area contributed by atoms with Crippen LogP contribution >= 0.6 is 0 Å². The number of phenols is 1. The molecule has 1 aromatic rings. The van der Waals surface area contributed by atoms with Crippen molar-refractivity contribution in [1.82, 2.24) is 5.01 Å². The summed E-state index contributed by atoms with van der Waals surface area (Å²) >= 11 is 0. The first-order valence-electron chi connectivity index (χ1n) is 6.37. The monoisotopic (exact) mass is 276 g/mol. The van der Waals surface area contributed by atoms with Crippen molar-refractivity contribution >= 4 is 17.6 Å². The predicted molar refractivity (Wildman–Crippen MR) is 72.1 cm³/mol. The Morgan fingerprint density at radius 3 is 2.80 bits per heavy atom. The van der Waals surface area contributed by atoms with Gasteiger partial charge in [0.05, 0.1) is 12.6 Å². The fraction of sp³-hybridized carbons (Fsp3) is 0.357. The molecule has 0 saturated heterocycles. The number of carbonyl (C=O) groups is 2. The Morgan fingerprint density at radius 1 is 1.45 bits per heavy atom. The van der Waals surface area contributed by atoms with Crippen LogP contribution in [0.15, 0.2) is 29.4 Å². The molecule has 0 fully saturated rings. The molecule has 1 aliphatic heterocycles. The Kier molecular flexibility index (Phi) is 4.02. The largest absolute Gasteiger partial charge is 0.508 e. The molecule has 106 valence electrons. The van der Waals surface area contributed by atoms with Gasteiger partial charge in [0.25, 0.3) is 0 Å². The number of hydrogen-bond acceptors (Lipinski definition) is 5. The molecule has 0 aliphatic carbocycles. The van der Waals surface area contributed by atoms with Crippen LogP contribution in [0.3, 0.4) is 0 Å². The average Bonchev–Trinajstić information content (AvgIpc) is 2.80. The number of nitrogens with zero attached hydrogens (tertiary/aromatic N) is 2. The second-order valence-electron chi connectivity index (χ2n) is 4.48. The molecular weight excluding hydrogens is 260 g/mol. The average molecular weight is 276 g/mol. The quantitative estimate of drug-likeness (QED) is 0.657. The number of phenolic OH excluding ortho intramolecular Hbond substituents is 1. The van der Waals surface area contributed by atoms with Gasteiger partial charge in [-0.3, -0.25) is 4.79 Å². The second kappa shape index (κ2) is 5.73. The first-order chi connectivity index (χ1) is 9.54. The summed E-state index contributed by atoms with van der Waals surface area (Å²) in [7, 11) is 0. The predicted octanol–water partition coefficient (Wildman–Crippen LogP) is 1.60. The van der Waals surface area contributed by atoms with Crippen LogP contribution in [0.5, 0.6) is 5.75 Å². The van der Waals surface area contributed by atoms with E-state index in [0.29, 0.717) is 12.0 Å². The Morgan fingerprint density at radius 2 is 2.15 bits per heavy atom. The highest BCUT2D eigenvalue weighted by molar-refractivity contribution is 6.32. The number of hydrogen-bond donors (Lipinski definition) is 1. The summed E-state index contributed by atoms with van der Waals surface area (Å²) in [5.41, 5.74) is 1.28. The molecule has 6 nitrogen and oxygen atoms in total. The van der Waals surface area contributed by atoms with E-state index in [1.807, 2.05) is 0 Å². The smallest absolute Gasteiger partial charge is 0.398 e. The number of ether oxygens (including phenoxy) is 1. The first-order valence-corrected chi connectivity index (χ1v) is 6.37. The maximum absolute atomic E-state index is 12.0. The van der Waals surface area contributed by atoms with Crippen LogP contribution in [0, 0.1) is 0 Å². The number of amides is 1. The Labute approximate surface area is 116 Å². The Bertz CT molecular complexity index is 568. The molecule has 0 spiro atoms. The highest BCUT2D eigenvalue weighted by atomic mass is 16.5. The standard InChI is InChI=1S/C14H16N2O4/c1-3-20-14(19)13(18)16-11(8-9(2)15-16)10-6-4-5-7-12(10)17/h4-7,11,17H,3,8H2,1-2H3/t11-/m0/s1. The van der Waals surface area contributed by atoms with Gasteiger partial charge < -0.3 is 9.84 Å². The maximum atomic E-state index is 12.0. The third-order valence-corrected chi connectivity index (χ3v) is 3.02. The Balaban J connectivity index is 2.28. The summed E-state index contributed by atoms with van der Waals surface area (Å²) in [6, 6.07) is 6.22. The molecule has 1 aliphatic rings. The van der Waals surface area contributed by atoms with Crippen LogP contribution in [0.1, 0.15) is 31.9 Å². The number of esters is 1. The summed E-state index contributed by atoms with van der Waals surface area (Å²) < 4.78 is 4.70. The number of carbonyl (C=O) groups excluding carboxylic acids is 2. The van der Waals surface area contributed by atoms with E-state index in [0.717, 1.165) is 10.7 Å². The zero-order chi connectivity index (χ0) is 14.7. The SMILES string of the molecule is CCOC(=O)C(=O)N1N=C(C)C[C@H]1c1ccccc1O. The minimum atomic E-state index is -0.939. The van der Waals surface area contributed by atoms with Gasteiger partial charge in [0.1, 0.15) is 5.75 Å². The lowest BCUT2D eigenvalue weighted by atomic mass is 10.0. The molecule has 0 saturated carbocycles. The lowest BCUT2D eigenvalue weighted by molar-refractivity contribution is -0.160. The molecular formula is C14H16N2O4. The van der Waals surface area contributed by atoms with Crippen molar-refractivity contribution in [3.05, 3.63) is 29.8 Å². The molecule has 0 unspecified atom stereocenters. The summed E-state index contributed by atoms with van der Waals surface area (Å²) in [6.45, 7) is 3.53. The van der Waals surface area contributed by atoms with Crippen molar-refractivity contribution in [3.63, 3.8) is 0 Å². The van der Waals surface area contributed by atoms with Gasteiger partial charge in [-0.15, -0.1) is 0 Å². The number of para-hydroxylation sites is 1. The van der Waals surface area contributed by atoms with Crippen LogP contribution in [-0.2, 0) is 14.3 Å². The molecule has 1 atom stereocenters. The Hall–Kier alpha value is -2.37. The fourth-order valence-electron chi connectivity index (χ4n) is 2.15. The second-order valence-corrected chi connectivity index (χ2v) is 4.48. The molecule has 1 amide bonds. The van der Waals surface area contributed by atoms with Gasteiger partial charge in [0.2, 0.25) is 0 Å². The van der Waals surface area contributed by atoms with E-state index in [9.17, 15) is 14.7 Å². The molecule has 20 heavy (non-hydrogen) atoms. The highest BCUT2D eigenvalue weighted by Crippen LogP contribution is 2.35. The van der Waals surface area contributed by atoms with Crippen molar-refractivity contribution in [2.75, 3.05) is 6.61 Å². The lowest BCUT2D eigenvalue weighted by Crippen LogP contribution is -2.34. The van der Waals surface area contributed by atoms with Crippen LogP contribution < -0.4 is 0 Å². The van der Waals surface area contributed by atoms with Crippen LogP contribution in [0.2, 0.25) is 0 Å². The van der Waals surface area contributed by atoms with E-state index in [1.165, 1.54) is 6.07 Å². The van der Waals surface area contributed by atoms with E-state index in [2.05, 4.69) is 5.10 Å². The first kappa shape index (κ1) is 14.0. The van der Waals surface area contributed by atoms with E-state index >= 15 is 0 Å². The molecule has 0 bridgehead atoms. The minimum absolute atomic E-state index is 0.0732. The van der Waals surface area contributed by atoms with E-state index < -0.39 is 17.9 Å². The van der Waals surface area contributed by atoms with E-state index in [1.54, 1.807) is 32.0 Å². The molecule has 6 heteroatoms. The summed E-state index contributed by atoms with van der Waals surface area (Å²) in [6.07, 6.45) is 0.475. The summed E-state index contributed by atoms with van der Waals surface area (Å²) in [5, 5.41) is 15.1. The van der Waals surface area contributed by atoms with Crippen molar-refractivity contribution < 1.29 is 19.4 Å². The highest BCUT2D eigenvalue weighted by Gasteiger charge is 2.36. The molecule has 1 N–H and O–H groups in total. The van der Waals surface area contributed by atoms with Gasteiger partial charge >= 0.3 is 11.9 Å². The third kappa shape index (κ3) is 2.64. The minimum Gasteiger partial charge on any atom is -0.508 e. The van der Waals surface area contributed by atoms with E-state index in [4.69, 9.17) is 4.74 Å². The van der Waals surface area contributed by atoms with Crippen molar-refractivity contribution in [2.45, 2.75) is 26.3 Å². The maximum Gasteiger partial charge on any atom is 0.398 e. The van der Waals surface area contributed by atoms with Crippen molar-refractivity contribution in [1.29, 1.82) is 0 Å². The normalized spacial score (nSPS) is 17.8. The van der Waals surface area contributed by atoms with Gasteiger partial charge in [-0.05, 0) is 19.9 Å². The van der Waals surface area contributed by atoms with Crippen LogP contribution in [-0.4, -0.2) is 34.3 Å². The third-order valence-electron chi connectivity index (χ3n) is 3.02. The number of benzene rings is 1. The molecule has 1 aromatic carbocycles. The molecule has 0 radical (unpaired) electrons.